The second-order valence-electron chi connectivity index (χ2n) is 5.56. The first-order valence-electron chi connectivity index (χ1n) is 8.07. The lowest BCUT2D eigenvalue weighted by atomic mass is 10.1. The third kappa shape index (κ3) is 3.69. The average molecular weight is 421 g/mol. The van der Waals surface area contributed by atoms with Gasteiger partial charge in [0.1, 0.15) is 4.88 Å². The number of hydrogen-bond acceptors (Lipinski definition) is 6. The molecule has 0 aliphatic rings. The fourth-order valence-electron chi connectivity index (χ4n) is 2.61. The SMILES string of the molecule is COc1cc(C(=O)NNC(=O)c2sc3ccccc3c2Cl)cc(OC)c1OC. The summed E-state index contributed by atoms with van der Waals surface area (Å²) in [6.07, 6.45) is 0. The topological polar surface area (TPSA) is 85.9 Å². The Morgan fingerprint density at radius 1 is 0.929 bits per heavy atom. The van der Waals surface area contributed by atoms with Crippen LogP contribution < -0.4 is 25.1 Å². The molecular formula is C19H17ClN2O5S. The van der Waals surface area contributed by atoms with Crippen LogP contribution in [0.15, 0.2) is 36.4 Å². The summed E-state index contributed by atoms with van der Waals surface area (Å²) in [7, 11) is 4.36. The van der Waals surface area contributed by atoms with Gasteiger partial charge in [-0.2, -0.15) is 0 Å². The molecule has 0 bridgehead atoms. The summed E-state index contributed by atoms with van der Waals surface area (Å²) >= 11 is 7.53. The smallest absolute Gasteiger partial charge is 0.281 e. The maximum absolute atomic E-state index is 12.5. The monoisotopic (exact) mass is 420 g/mol. The quantitative estimate of drug-likeness (QED) is 0.615. The number of hydrazine groups is 1. The highest BCUT2D eigenvalue weighted by Crippen LogP contribution is 2.38. The van der Waals surface area contributed by atoms with Crippen molar-refractivity contribution in [1.82, 2.24) is 10.9 Å². The predicted molar refractivity (Wildman–Crippen MR) is 108 cm³/mol. The van der Waals surface area contributed by atoms with Gasteiger partial charge in [0.2, 0.25) is 5.75 Å². The van der Waals surface area contributed by atoms with Crippen LogP contribution in [-0.4, -0.2) is 33.1 Å². The number of thiophene rings is 1. The van der Waals surface area contributed by atoms with Crippen molar-refractivity contribution >= 4 is 44.8 Å². The molecule has 0 saturated carbocycles. The highest BCUT2D eigenvalue weighted by molar-refractivity contribution is 7.21. The van der Waals surface area contributed by atoms with E-state index in [4.69, 9.17) is 25.8 Å². The number of benzene rings is 2. The highest BCUT2D eigenvalue weighted by atomic mass is 35.5. The first kappa shape index (κ1) is 19.8. The number of methoxy groups -OCH3 is 3. The Bertz CT molecular complexity index is 1020. The van der Waals surface area contributed by atoms with Crippen molar-refractivity contribution in [2.45, 2.75) is 0 Å². The first-order chi connectivity index (χ1) is 13.5. The minimum atomic E-state index is -0.551. The van der Waals surface area contributed by atoms with Gasteiger partial charge in [0.25, 0.3) is 11.8 Å². The first-order valence-corrected chi connectivity index (χ1v) is 9.27. The molecule has 146 valence electrons. The second-order valence-corrected chi connectivity index (χ2v) is 6.99. The van der Waals surface area contributed by atoms with Crippen molar-refractivity contribution < 1.29 is 23.8 Å². The minimum Gasteiger partial charge on any atom is -0.493 e. The zero-order valence-electron chi connectivity index (χ0n) is 15.3. The van der Waals surface area contributed by atoms with Gasteiger partial charge in [-0.1, -0.05) is 29.8 Å². The minimum absolute atomic E-state index is 0.220. The molecule has 0 atom stereocenters. The van der Waals surface area contributed by atoms with Crippen LogP contribution in [0, 0.1) is 0 Å². The second kappa shape index (κ2) is 8.37. The van der Waals surface area contributed by atoms with E-state index in [1.54, 1.807) is 0 Å². The lowest BCUT2D eigenvalue weighted by Gasteiger charge is -2.14. The van der Waals surface area contributed by atoms with Crippen molar-refractivity contribution in [3.63, 3.8) is 0 Å². The summed E-state index contributed by atoms with van der Waals surface area (Å²) in [4.78, 5) is 25.2. The number of ether oxygens (including phenoxy) is 3. The van der Waals surface area contributed by atoms with Crippen LogP contribution in [0.1, 0.15) is 20.0 Å². The molecule has 3 rings (SSSR count). The largest absolute Gasteiger partial charge is 0.493 e. The van der Waals surface area contributed by atoms with E-state index in [-0.39, 0.29) is 5.56 Å². The fraction of sp³-hybridized carbons (Fsp3) is 0.158. The maximum atomic E-state index is 12.5. The van der Waals surface area contributed by atoms with E-state index in [2.05, 4.69) is 10.9 Å². The maximum Gasteiger partial charge on any atom is 0.281 e. The molecule has 0 aliphatic heterocycles. The summed E-state index contributed by atoms with van der Waals surface area (Å²) in [6, 6.07) is 10.4. The Balaban J connectivity index is 1.78. The Kier molecular flexibility index (Phi) is 5.91. The number of hydrogen-bond donors (Lipinski definition) is 2. The van der Waals surface area contributed by atoms with E-state index < -0.39 is 11.8 Å². The molecule has 0 unspecified atom stereocenters. The van der Waals surface area contributed by atoms with Crippen molar-refractivity contribution in [2.24, 2.45) is 0 Å². The average Bonchev–Trinajstić information content (AvgIpc) is 3.07. The van der Waals surface area contributed by atoms with Crippen molar-refractivity contribution in [2.75, 3.05) is 21.3 Å². The van der Waals surface area contributed by atoms with E-state index >= 15 is 0 Å². The molecule has 7 nitrogen and oxygen atoms in total. The molecule has 0 saturated heterocycles. The molecule has 28 heavy (non-hydrogen) atoms. The van der Waals surface area contributed by atoms with Crippen molar-refractivity contribution in [3.05, 3.63) is 51.9 Å². The number of nitrogens with one attached hydrogen (secondary N) is 2. The molecule has 0 radical (unpaired) electrons. The molecule has 1 aromatic heterocycles. The Hall–Kier alpha value is -2.97. The Morgan fingerprint density at radius 3 is 2.11 bits per heavy atom. The number of amides is 2. The molecule has 9 heteroatoms. The van der Waals surface area contributed by atoms with E-state index in [9.17, 15) is 9.59 Å². The molecule has 2 N–H and O–H groups in total. The molecular weight excluding hydrogens is 404 g/mol. The van der Waals surface area contributed by atoms with Gasteiger partial charge in [0.15, 0.2) is 11.5 Å². The van der Waals surface area contributed by atoms with E-state index in [0.29, 0.717) is 27.1 Å². The van der Waals surface area contributed by atoms with Gasteiger partial charge in [-0.15, -0.1) is 11.3 Å². The molecule has 2 amide bonds. The third-order valence-corrected chi connectivity index (χ3v) is 5.63. The third-order valence-electron chi connectivity index (χ3n) is 3.96. The zero-order valence-corrected chi connectivity index (χ0v) is 16.9. The number of rotatable bonds is 5. The number of halogens is 1. The molecule has 1 heterocycles. The van der Waals surface area contributed by atoms with E-state index in [0.717, 1.165) is 10.1 Å². The van der Waals surface area contributed by atoms with Crippen LogP contribution in [0.25, 0.3) is 10.1 Å². The molecule has 2 aromatic carbocycles. The zero-order chi connectivity index (χ0) is 20.3. The summed E-state index contributed by atoms with van der Waals surface area (Å²) in [5.74, 6) is -0.0452. The standard InChI is InChI=1S/C19H17ClN2O5S/c1-25-12-8-10(9-13(26-2)16(12)27-3)18(23)21-22-19(24)17-15(20)11-6-4-5-7-14(11)28-17/h4-9H,1-3H3,(H,21,23)(H,22,24). The summed E-state index contributed by atoms with van der Waals surface area (Å²) in [6.45, 7) is 0. The van der Waals surface area contributed by atoms with Gasteiger partial charge in [0, 0.05) is 15.6 Å². The van der Waals surface area contributed by atoms with Crippen LogP contribution in [0.4, 0.5) is 0 Å². The van der Waals surface area contributed by atoms with Gasteiger partial charge >= 0.3 is 0 Å². The Labute approximate surface area is 170 Å². The molecule has 0 spiro atoms. The summed E-state index contributed by atoms with van der Waals surface area (Å²) in [5.41, 5.74) is 4.96. The highest BCUT2D eigenvalue weighted by Gasteiger charge is 2.20. The van der Waals surface area contributed by atoms with Gasteiger partial charge in [0.05, 0.1) is 26.4 Å². The van der Waals surface area contributed by atoms with Crippen molar-refractivity contribution in [3.8, 4) is 17.2 Å². The lowest BCUT2D eigenvalue weighted by Crippen LogP contribution is -2.41. The molecule has 0 aliphatic carbocycles. The van der Waals surface area contributed by atoms with Gasteiger partial charge < -0.3 is 14.2 Å². The van der Waals surface area contributed by atoms with Crippen LogP contribution in [0.2, 0.25) is 5.02 Å². The normalized spacial score (nSPS) is 10.4. The van der Waals surface area contributed by atoms with Gasteiger partial charge in [-0.3, -0.25) is 20.4 Å². The Morgan fingerprint density at radius 2 is 1.54 bits per heavy atom. The van der Waals surface area contributed by atoms with Crippen LogP contribution in [0.5, 0.6) is 17.2 Å². The van der Waals surface area contributed by atoms with E-state index in [1.807, 2.05) is 24.3 Å². The summed E-state index contributed by atoms with van der Waals surface area (Å²) in [5, 5.41) is 1.13. The van der Waals surface area contributed by atoms with Crippen molar-refractivity contribution in [1.29, 1.82) is 0 Å². The van der Waals surface area contributed by atoms with Crippen LogP contribution >= 0.6 is 22.9 Å². The molecule has 3 aromatic rings. The molecule has 0 fully saturated rings. The predicted octanol–water partition coefficient (Wildman–Crippen LogP) is 3.66. The van der Waals surface area contributed by atoms with Crippen LogP contribution in [-0.2, 0) is 0 Å². The number of carbonyl (C=O) groups is 2. The lowest BCUT2D eigenvalue weighted by molar-refractivity contribution is 0.0848. The fourth-order valence-corrected chi connectivity index (χ4v) is 4.03. The van der Waals surface area contributed by atoms with Crippen LogP contribution in [0.3, 0.4) is 0 Å². The van der Waals surface area contributed by atoms with Gasteiger partial charge in [-0.05, 0) is 18.2 Å². The van der Waals surface area contributed by atoms with Gasteiger partial charge in [-0.25, -0.2) is 0 Å². The number of carbonyl (C=O) groups excluding carboxylic acids is 2. The number of fused-ring (bicyclic) bond motifs is 1. The summed E-state index contributed by atoms with van der Waals surface area (Å²) < 4.78 is 16.6. The van der Waals surface area contributed by atoms with E-state index in [1.165, 1.54) is 44.8 Å².